The van der Waals surface area contributed by atoms with Gasteiger partial charge in [-0.15, -0.1) is 0 Å². The van der Waals surface area contributed by atoms with E-state index in [1.807, 2.05) is 37.4 Å². The molecule has 182 valence electrons. The standard InChI is InChI=1S/C26H22Cl2N6O2/c1-16-23-24(28)21(26(35)31-19-7-5-18(27)6-8-19)13-30-25(23)34(32-16)15-22-29-11-12-33(22)14-17-3-9-20(36-2)10-4-17/h3-13H,14-15H2,1-2H3,(H,31,35). The molecule has 0 spiro atoms. The molecule has 36 heavy (non-hydrogen) atoms. The van der Waals surface area contributed by atoms with Crippen molar-refractivity contribution in [2.24, 2.45) is 0 Å². The predicted molar refractivity (Wildman–Crippen MR) is 140 cm³/mol. The molecule has 0 aliphatic carbocycles. The number of hydrogen-bond acceptors (Lipinski definition) is 5. The Bertz CT molecular complexity index is 1540. The molecular formula is C26H22Cl2N6O2. The maximum absolute atomic E-state index is 12.9. The van der Waals surface area contributed by atoms with Crippen molar-refractivity contribution < 1.29 is 9.53 Å². The molecule has 0 bridgehead atoms. The van der Waals surface area contributed by atoms with Crippen LogP contribution in [-0.4, -0.2) is 37.3 Å². The maximum atomic E-state index is 12.9. The molecule has 0 fully saturated rings. The second kappa shape index (κ2) is 10.0. The van der Waals surface area contributed by atoms with E-state index in [-0.39, 0.29) is 11.5 Å². The summed E-state index contributed by atoms with van der Waals surface area (Å²) < 4.78 is 9.05. The molecular weight excluding hydrogens is 499 g/mol. The summed E-state index contributed by atoms with van der Waals surface area (Å²) in [5.74, 6) is 1.27. The molecule has 3 heterocycles. The molecule has 3 aromatic heterocycles. The lowest BCUT2D eigenvalue weighted by Gasteiger charge is -2.10. The third-order valence-corrected chi connectivity index (χ3v) is 6.47. The molecule has 1 N–H and O–H groups in total. The summed E-state index contributed by atoms with van der Waals surface area (Å²) in [6.45, 7) is 2.89. The summed E-state index contributed by atoms with van der Waals surface area (Å²) in [5, 5.41) is 8.99. The highest BCUT2D eigenvalue weighted by Crippen LogP contribution is 2.29. The van der Waals surface area contributed by atoms with Crippen LogP contribution in [0.4, 0.5) is 5.69 Å². The van der Waals surface area contributed by atoms with Crippen LogP contribution >= 0.6 is 23.2 Å². The molecule has 0 aliphatic rings. The van der Waals surface area contributed by atoms with Gasteiger partial charge in [0.2, 0.25) is 0 Å². The Morgan fingerprint density at radius 1 is 1.03 bits per heavy atom. The largest absolute Gasteiger partial charge is 0.497 e. The van der Waals surface area contributed by atoms with E-state index in [0.717, 1.165) is 17.1 Å². The van der Waals surface area contributed by atoms with Gasteiger partial charge in [0.25, 0.3) is 5.91 Å². The number of carbonyl (C=O) groups excluding carboxylic acids is 1. The second-order valence-electron chi connectivity index (χ2n) is 8.21. The van der Waals surface area contributed by atoms with Crippen molar-refractivity contribution in [2.45, 2.75) is 20.0 Å². The van der Waals surface area contributed by atoms with Crippen LogP contribution in [0, 0.1) is 6.92 Å². The van der Waals surface area contributed by atoms with E-state index in [9.17, 15) is 4.79 Å². The molecule has 8 nitrogen and oxygen atoms in total. The van der Waals surface area contributed by atoms with Gasteiger partial charge in [-0.1, -0.05) is 35.3 Å². The van der Waals surface area contributed by atoms with Crippen molar-refractivity contribution in [3.8, 4) is 5.75 Å². The number of imidazole rings is 1. The number of carbonyl (C=O) groups is 1. The monoisotopic (exact) mass is 520 g/mol. The first-order chi connectivity index (χ1) is 17.4. The lowest BCUT2D eigenvalue weighted by Crippen LogP contribution is -2.13. The number of amides is 1. The van der Waals surface area contributed by atoms with Gasteiger partial charge in [-0.2, -0.15) is 5.10 Å². The smallest absolute Gasteiger partial charge is 0.258 e. The van der Waals surface area contributed by atoms with E-state index in [4.69, 9.17) is 27.9 Å². The molecule has 5 aromatic rings. The zero-order chi connectivity index (χ0) is 25.2. The number of nitrogens with one attached hydrogen (secondary N) is 1. The molecule has 10 heteroatoms. The van der Waals surface area contributed by atoms with Crippen molar-refractivity contribution in [1.29, 1.82) is 0 Å². The van der Waals surface area contributed by atoms with Gasteiger partial charge in [-0.25, -0.2) is 14.6 Å². The van der Waals surface area contributed by atoms with Crippen molar-refractivity contribution in [3.63, 3.8) is 0 Å². The minimum Gasteiger partial charge on any atom is -0.497 e. The Morgan fingerprint density at radius 3 is 2.50 bits per heavy atom. The van der Waals surface area contributed by atoms with Gasteiger partial charge in [0.1, 0.15) is 18.1 Å². The predicted octanol–water partition coefficient (Wildman–Crippen LogP) is 5.60. The average Bonchev–Trinajstić information content (AvgIpc) is 3.45. The minimum absolute atomic E-state index is 0.266. The minimum atomic E-state index is -0.362. The van der Waals surface area contributed by atoms with Crippen LogP contribution in [0.5, 0.6) is 5.75 Å². The van der Waals surface area contributed by atoms with Crippen LogP contribution in [0.2, 0.25) is 10.0 Å². The van der Waals surface area contributed by atoms with Crippen LogP contribution in [0.15, 0.2) is 67.1 Å². The molecule has 0 atom stereocenters. The molecule has 0 saturated heterocycles. The van der Waals surface area contributed by atoms with E-state index in [1.165, 1.54) is 6.20 Å². The highest BCUT2D eigenvalue weighted by molar-refractivity contribution is 6.39. The fourth-order valence-electron chi connectivity index (χ4n) is 3.97. The molecule has 2 aromatic carbocycles. The number of hydrogen-bond donors (Lipinski definition) is 1. The number of halogens is 2. The van der Waals surface area contributed by atoms with Gasteiger partial charge >= 0.3 is 0 Å². The Balaban J connectivity index is 1.40. The van der Waals surface area contributed by atoms with Gasteiger partial charge in [-0.3, -0.25) is 4.79 Å². The quantitative estimate of drug-likeness (QED) is 0.301. The Hall–Kier alpha value is -3.88. The highest BCUT2D eigenvalue weighted by atomic mass is 35.5. The molecule has 0 saturated carbocycles. The molecule has 5 rings (SSSR count). The number of aryl methyl sites for hydroxylation is 1. The second-order valence-corrected chi connectivity index (χ2v) is 9.02. The van der Waals surface area contributed by atoms with E-state index in [2.05, 4.69) is 25.0 Å². The lowest BCUT2D eigenvalue weighted by atomic mass is 10.2. The number of benzene rings is 2. The molecule has 0 radical (unpaired) electrons. The summed E-state index contributed by atoms with van der Waals surface area (Å²) in [4.78, 5) is 21.9. The first-order valence-corrected chi connectivity index (χ1v) is 11.9. The average molecular weight is 521 g/mol. The van der Waals surface area contributed by atoms with Gasteiger partial charge in [-0.05, 0) is 48.9 Å². The lowest BCUT2D eigenvalue weighted by molar-refractivity contribution is 0.102. The fourth-order valence-corrected chi connectivity index (χ4v) is 4.45. The van der Waals surface area contributed by atoms with Crippen molar-refractivity contribution >= 4 is 45.8 Å². The number of aromatic nitrogens is 5. The maximum Gasteiger partial charge on any atom is 0.258 e. The number of pyridine rings is 1. The Labute approximate surface area is 217 Å². The van der Waals surface area contributed by atoms with Gasteiger partial charge in [0.05, 0.1) is 28.8 Å². The molecule has 1 amide bonds. The van der Waals surface area contributed by atoms with Gasteiger partial charge in [0.15, 0.2) is 5.65 Å². The molecule has 0 unspecified atom stereocenters. The van der Waals surface area contributed by atoms with Crippen molar-refractivity contribution in [3.05, 3.63) is 99.8 Å². The van der Waals surface area contributed by atoms with E-state index >= 15 is 0 Å². The summed E-state index contributed by atoms with van der Waals surface area (Å²) in [5.41, 5.74) is 3.25. The summed E-state index contributed by atoms with van der Waals surface area (Å²) >= 11 is 12.6. The van der Waals surface area contributed by atoms with Gasteiger partial charge < -0.3 is 14.6 Å². The Morgan fingerprint density at radius 2 is 1.78 bits per heavy atom. The third kappa shape index (κ3) is 4.78. The normalized spacial score (nSPS) is 11.1. The van der Waals surface area contributed by atoms with E-state index < -0.39 is 0 Å². The summed E-state index contributed by atoms with van der Waals surface area (Å²) in [7, 11) is 1.65. The van der Waals surface area contributed by atoms with Crippen LogP contribution in [0.1, 0.15) is 27.4 Å². The number of fused-ring (bicyclic) bond motifs is 1. The van der Waals surface area contributed by atoms with Crippen LogP contribution in [-0.2, 0) is 13.1 Å². The zero-order valence-corrected chi connectivity index (χ0v) is 21.1. The third-order valence-electron chi connectivity index (χ3n) is 5.82. The topological polar surface area (TPSA) is 86.9 Å². The van der Waals surface area contributed by atoms with E-state index in [0.29, 0.717) is 45.5 Å². The van der Waals surface area contributed by atoms with Gasteiger partial charge in [0, 0.05) is 35.8 Å². The van der Waals surface area contributed by atoms with Crippen molar-refractivity contribution in [1.82, 2.24) is 24.3 Å². The number of nitrogens with zero attached hydrogens (tertiary/aromatic N) is 5. The number of rotatable bonds is 7. The Kier molecular flexibility index (Phi) is 6.63. The summed E-state index contributed by atoms with van der Waals surface area (Å²) in [6, 6.07) is 14.8. The molecule has 0 aliphatic heterocycles. The number of methoxy groups -OCH3 is 1. The van der Waals surface area contributed by atoms with Crippen molar-refractivity contribution in [2.75, 3.05) is 12.4 Å². The summed E-state index contributed by atoms with van der Waals surface area (Å²) in [6.07, 6.45) is 5.16. The highest BCUT2D eigenvalue weighted by Gasteiger charge is 2.20. The first-order valence-electron chi connectivity index (χ1n) is 11.1. The zero-order valence-electron chi connectivity index (χ0n) is 19.6. The number of anilines is 1. The fraction of sp³-hybridized carbons (Fsp3) is 0.154. The first kappa shape index (κ1) is 23.8. The number of ether oxygens (including phenoxy) is 1. The van der Waals surface area contributed by atoms with E-state index in [1.54, 1.807) is 42.3 Å². The van der Waals surface area contributed by atoms with Crippen LogP contribution in [0.3, 0.4) is 0 Å². The van der Waals surface area contributed by atoms with Crippen LogP contribution < -0.4 is 10.1 Å². The SMILES string of the molecule is COc1ccc(Cn2ccnc2Cn2nc(C)c3c(Cl)c(C(=O)Nc4ccc(Cl)cc4)cnc32)cc1. The van der Waals surface area contributed by atoms with Crippen LogP contribution in [0.25, 0.3) is 11.0 Å².